The van der Waals surface area contributed by atoms with Crippen molar-refractivity contribution in [3.63, 3.8) is 0 Å². The fourth-order valence-corrected chi connectivity index (χ4v) is 0.881. The van der Waals surface area contributed by atoms with Gasteiger partial charge in [-0.25, -0.2) is 0 Å². The molecule has 0 aliphatic carbocycles. The van der Waals surface area contributed by atoms with Gasteiger partial charge in [0.1, 0.15) is 12.9 Å². The summed E-state index contributed by atoms with van der Waals surface area (Å²) >= 11 is 0. The largest absolute Gasteiger partial charge is 0.389 e. The summed E-state index contributed by atoms with van der Waals surface area (Å²) in [6.45, 7) is 2.43. The highest BCUT2D eigenvalue weighted by Crippen LogP contribution is 2.08. The number of hydrogen-bond donors (Lipinski definition) is 2. The molecule has 2 N–H and O–H groups in total. The second-order valence-electron chi connectivity index (χ2n) is 3.03. The summed E-state index contributed by atoms with van der Waals surface area (Å²) < 4.78 is 15.1. The molecule has 0 aromatic rings. The zero-order valence-corrected chi connectivity index (χ0v) is 7.86. The molecule has 1 fully saturated rings. The lowest BCUT2D eigenvalue weighted by atomic mass is 10.4. The average Bonchev–Trinajstić information content (AvgIpc) is 2.88. The van der Waals surface area contributed by atoms with Gasteiger partial charge in [-0.3, -0.25) is 0 Å². The second-order valence-corrected chi connectivity index (χ2v) is 3.03. The zero-order valence-electron chi connectivity index (χ0n) is 7.86. The van der Waals surface area contributed by atoms with Crippen LogP contribution in [-0.4, -0.2) is 57.5 Å². The Morgan fingerprint density at radius 3 is 3.00 bits per heavy atom. The quantitative estimate of drug-likeness (QED) is 0.291. The van der Waals surface area contributed by atoms with Crippen molar-refractivity contribution in [2.45, 2.75) is 12.2 Å². The minimum Gasteiger partial charge on any atom is -0.389 e. The van der Waals surface area contributed by atoms with Crippen LogP contribution in [-0.2, 0) is 14.2 Å². The van der Waals surface area contributed by atoms with Crippen LogP contribution < -0.4 is 5.32 Å². The van der Waals surface area contributed by atoms with E-state index in [1.54, 1.807) is 7.05 Å². The van der Waals surface area contributed by atoms with Gasteiger partial charge >= 0.3 is 0 Å². The molecule has 0 aromatic heterocycles. The highest BCUT2D eigenvalue weighted by atomic mass is 16.7. The van der Waals surface area contributed by atoms with E-state index >= 15 is 0 Å². The van der Waals surface area contributed by atoms with Crippen molar-refractivity contribution in [2.75, 3.05) is 40.2 Å². The third-order valence-electron chi connectivity index (χ3n) is 1.62. The lowest BCUT2D eigenvalue weighted by Crippen LogP contribution is -2.28. The van der Waals surface area contributed by atoms with Crippen molar-refractivity contribution in [2.24, 2.45) is 0 Å². The minimum absolute atomic E-state index is 0.223. The topological polar surface area (TPSA) is 63.2 Å². The van der Waals surface area contributed by atoms with Crippen molar-refractivity contribution < 1.29 is 19.3 Å². The summed E-state index contributed by atoms with van der Waals surface area (Å²) in [5, 5.41) is 12.0. The van der Waals surface area contributed by atoms with E-state index in [1.165, 1.54) is 0 Å². The van der Waals surface area contributed by atoms with Gasteiger partial charge < -0.3 is 24.6 Å². The van der Waals surface area contributed by atoms with Crippen LogP contribution in [0.3, 0.4) is 0 Å². The molecule has 78 valence electrons. The third-order valence-corrected chi connectivity index (χ3v) is 1.62. The number of aliphatic hydroxyl groups excluding tert-OH is 1. The van der Waals surface area contributed by atoms with Crippen LogP contribution in [0.4, 0.5) is 0 Å². The van der Waals surface area contributed by atoms with Crippen LogP contribution in [0.2, 0.25) is 0 Å². The molecule has 5 heteroatoms. The van der Waals surface area contributed by atoms with Gasteiger partial charge in [-0.05, 0) is 7.05 Å². The van der Waals surface area contributed by atoms with Gasteiger partial charge in [0.05, 0.1) is 25.9 Å². The maximum absolute atomic E-state index is 9.20. The summed E-state index contributed by atoms with van der Waals surface area (Å²) in [6.07, 6.45) is -0.198. The SMILES string of the molecule is CNCC(O)COCOCC1CO1. The normalized spacial score (nSPS) is 23.1. The zero-order chi connectivity index (χ0) is 9.52. The molecule has 0 radical (unpaired) electrons. The van der Waals surface area contributed by atoms with E-state index in [1.807, 2.05) is 0 Å². The van der Waals surface area contributed by atoms with E-state index in [2.05, 4.69) is 5.32 Å². The Labute approximate surface area is 78.0 Å². The molecule has 1 rings (SSSR count). The van der Waals surface area contributed by atoms with Crippen molar-refractivity contribution in [1.82, 2.24) is 5.32 Å². The molecule has 2 unspecified atom stereocenters. The monoisotopic (exact) mass is 191 g/mol. The van der Waals surface area contributed by atoms with Gasteiger partial charge in [0, 0.05) is 6.54 Å². The Morgan fingerprint density at radius 2 is 2.38 bits per heavy atom. The van der Waals surface area contributed by atoms with Gasteiger partial charge in [-0.15, -0.1) is 0 Å². The first kappa shape index (κ1) is 10.9. The summed E-state index contributed by atoms with van der Waals surface area (Å²) in [5.41, 5.74) is 0. The second kappa shape index (κ2) is 6.28. The summed E-state index contributed by atoms with van der Waals surface area (Å²) in [6, 6.07) is 0. The van der Waals surface area contributed by atoms with Crippen LogP contribution in [0.5, 0.6) is 0 Å². The maximum atomic E-state index is 9.20. The summed E-state index contributed by atoms with van der Waals surface area (Å²) in [5.74, 6) is 0. The standard InChI is InChI=1S/C8H17NO4/c1-9-2-7(10)3-11-6-12-4-8-5-13-8/h7-10H,2-6H2,1H3. The summed E-state index contributed by atoms with van der Waals surface area (Å²) in [4.78, 5) is 0. The van der Waals surface area contributed by atoms with Crippen LogP contribution in [0.1, 0.15) is 0 Å². The Balaban J connectivity index is 1.76. The molecule has 0 aromatic carbocycles. The molecule has 1 aliphatic heterocycles. The van der Waals surface area contributed by atoms with Crippen molar-refractivity contribution in [3.05, 3.63) is 0 Å². The maximum Gasteiger partial charge on any atom is 0.146 e. The van der Waals surface area contributed by atoms with Crippen molar-refractivity contribution in [3.8, 4) is 0 Å². The van der Waals surface area contributed by atoms with Crippen LogP contribution >= 0.6 is 0 Å². The fourth-order valence-electron chi connectivity index (χ4n) is 0.881. The molecular formula is C8H17NO4. The molecular weight excluding hydrogens is 174 g/mol. The minimum atomic E-state index is -0.467. The van der Waals surface area contributed by atoms with Crippen LogP contribution in [0.15, 0.2) is 0 Å². The fraction of sp³-hybridized carbons (Fsp3) is 1.00. The van der Waals surface area contributed by atoms with Crippen molar-refractivity contribution >= 4 is 0 Å². The smallest absolute Gasteiger partial charge is 0.146 e. The van der Waals surface area contributed by atoms with Gasteiger partial charge in [-0.2, -0.15) is 0 Å². The molecule has 1 saturated heterocycles. The number of rotatable bonds is 8. The molecule has 5 nitrogen and oxygen atoms in total. The number of likely N-dealkylation sites (N-methyl/N-ethyl adjacent to an activating group) is 1. The van der Waals surface area contributed by atoms with Crippen LogP contribution in [0.25, 0.3) is 0 Å². The van der Waals surface area contributed by atoms with E-state index in [0.717, 1.165) is 6.61 Å². The molecule has 0 amide bonds. The summed E-state index contributed by atoms with van der Waals surface area (Å²) in [7, 11) is 1.78. The van der Waals surface area contributed by atoms with E-state index in [0.29, 0.717) is 19.8 Å². The number of nitrogens with one attached hydrogen (secondary N) is 1. The Bertz CT molecular complexity index is 129. The molecule has 13 heavy (non-hydrogen) atoms. The van der Waals surface area contributed by atoms with Crippen molar-refractivity contribution in [1.29, 1.82) is 0 Å². The molecule has 1 heterocycles. The predicted molar refractivity (Wildman–Crippen MR) is 46.4 cm³/mol. The molecule has 2 atom stereocenters. The van der Waals surface area contributed by atoms with E-state index in [9.17, 15) is 5.11 Å². The first-order valence-electron chi connectivity index (χ1n) is 4.42. The van der Waals surface area contributed by atoms with Gasteiger partial charge in [0.15, 0.2) is 0 Å². The first-order chi connectivity index (χ1) is 6.33. The molecule has 1 aliphatic rings. The van der Waals surface area contributed by atoms with Crippen LogP contribution in [0, 0.1) is 0 Å². The van der Waals surface area contributed by atoms with E-state index in [4.69, 9.17) is 14.2 Å². The highest BCUT2D eigenvalue weighted by Gasteiger charge is 2.22. The number of aliphatic hydroxyl groups is 1. The van der Waals surface area contributed by atoms with E-state index < -0.39 is 6.10 Å². The molecule has 0 saturated carbocycles. The van der Waals surface area contributed by atoms with Gasteiger partial charge in [0.2, 0.25) is 0 Å². The Hall–Kier alpha value is -0.200. The van der Waals surface area contributed by atoms with Gasteiger partial charge in [-0.1, -0.05) is 0 Å². The number of ether oxygens (including phenoxy) is 3. The molecule has 0 spiro atoms. The average molecular weight is 191 g/mol. The third kappa shape index (κ3) is 5.95. The number of epoxide rings is 1. The first-order valence-corrected chi connectivity index (χ1v) is 4.42. The highest BCUT2D eigenvalue weighted by molar-refractivity contribution is 4.66. The lowest BCUT2D eigenvalue weighted by molar-refractivity contribution is -0.0805. The van der Waals surface area contributed by atoms with E-state index in [-0.39, 0.29) is 12.9 Å². The Kier molecular flexibility index (Phi) is 5.26. The Morgan fingerprint density at radius 1 is 1.62 bits per heavy atom. The molecule has 0 bridgehead atoms. The van der Waals surface area contributed by atoms with Gasteiger partial charge in [0.25, 0.3) is 0 Å². The lowest BCUT2D eigenvalue weighted by Gasteiger charge is -2.10. The predicted octanol–water partition coefficient (Wildman–Crippen LogP) is -1.04. The number of hydrogen-bond acceptors (Lipinski definition) is 5.